The summed E-state index contributed by atoms with van der Waals surface area (Å²) >= 11 is 1.24. The van der Waals surface area contributed by atoms with Crippen molar-refractivity contribution in [1.29, 1.82) is 5.26 Å². The highest BCUT2D eigenvalue weighted by Gasteiger charge is 2.02. The summed E-state index contributed by atoms with van der Waals surface area (Å²) in [6.07, 6.45) is 0. The van der Waals surface area contributed by atoms with Gasteiger partial charge in [0.25, 0.3) is 0 Å². The van der Waals surface area contributed by atoms with Gasteiger partial charge in [-0.1, -0.05) is 11.8 Å². The highest BCUT2D eigenvalue weighted by Crippen LogP contribution is 2.16. The molecule has 0 aromatic carbocycles. The number of aryl methyl sites for hydroxylation is 1. The fourth-order valence-electron chi connectivity index (χ4n) is 0.922. The van der Waals surface area contributed by atoms with Crippen molar-refractivity contribution in [1.82, 2.24) is 4.98 Å². The van der Waals surface area contributed by atoms with E-state index in [0.29, 0.717) is 10.6 Å². The summed E-state index contributed by atoms with van der Waals surface area (Å²) in [6.45, 7) is 1.80. The Morgan fingerprint density at radius 2 is 2.43 bits per heavy atom. The fourth-order valence-corrected chi connectivity index (χ4v) is 1.63. The van der Waals surface area contributed by atoms with E-state index in [9.17, 15) is 4.79 Å². The number of nitriles is 1. The maximum absolute atomic E-state index is 10.5. The van der Waals surface area contributed by atoms with Crippen molar-refractivity contribution in [2.24, 2.45) is 5.73 Å². The van der Waals surface area contributed by atoms with E-state index in [2.05, 4.69) is 4.98 Å². The van der Waals surface area contributed by atoms with Crippen molar-refractivity contribution in [3.8, 4) is 6.07 Å². The molecule has 0 atom stereocenters. The van der Waals surface area contributed by atoms with E-state index in [-0.39, 0.29) is 5.75 Å². The van der Waals surface area contributed by atoms with Crippen LogP contribution in [0.15, 0.2) is 17.2 Å². The zero-order valence-electron chi connectivity index (χ0n) is 7.65. The van der Waals surface area contributed by atoms with Crippen LogP contribution in [0.5, 0.6) is 0 Å². The summed E-state index contributed by atoms with van der Waals surface area (Å²) in [4.78, 5) is 14.7. The van der Waals surface area contributed by atoms with E-state index in [4.69, 9.17) is 11.0 Å². The Hall–Kier alpha value is -1.54. The van der Waals surface area contributed by atoms with Crippen LogP contribution in [-0.2, 0) is 4.79 Å². The quantitative estimate of drug-likeness (QED) is 0.745. The molecule has 1 aromatic heterocycles. The number of nitrogens with zero attached hydrogens (tertiary/aromatic N) is 2. The molecule has 0 aliphatic heterocycles. The fraction of sp³-hybridized carbons (Fsp3) is 0.222. The van der Waals surface area contributed by atoms with E-state index in [0.717, 1.165) is 5.69 Å². The van der Waals surface area contributed by atoms with Gasteiger partial charge < -0.3 is 5.73 Å². The summed E-state index contributed by atoms with van der Waals surface area (Å²) in [5.74, 6) is -0.210. The minimum Gasteiger partial charge on any atom is -0.369 e. The van der Waals surface area contributed by atoms with Crippen LogP contribution < -0.4 is 5.73 Å². The molecule has 0 bridgehead atoms. The molecule has 1 heterocycles. The smallest absolute Gasteiger partial charge is 0.227 e. The van der Waals surface area contributed by atoms with Gasteiger partial charge in [-0.05, 0) is 19.1 Å². The molecule has 2 N–H and O–H groups in total. The van der Waals surface area contributed by atoms with Crippen LogP contribution in [0.1, 0.15) is 11.3 Å². The highest BCUT2D eigenvalue weighted by atomic mass is 32.2. The van der Waals surface area contributed by atoms with Gasteiger partial charge in [-0.25, -0.2) is 4.98 Å². The molecule has 0 unspecified atom stereocenters. The Morgan fingerprint density at radius 1 is 1.71 bits per heavy atom. The number of carbonyl (C=O) groups excluding carboxylic acids is 1. The second-order valence-corrected chi connectivity index (χ2v) is 3.70. The number of thioether (sulfide) groups is 1. The second kappa shape index (κ2) is 4.63. The van der Waals surface area contributed by atoms with Gasteiger partial charge in [0.05, 0.1) is 22.4 Å². The molecule has 0 saturated heterocycles. The van der Waals surface area contributed by atoms with Crippen molar-refractivity contribution < 1.29 is 4.79 Å². The Balaban J connectivity index is 2.82. The Kier molecular flexibility index (Phi) is 3.48. The normalized spacial score (nSPS) is 9.43. The molecule has 0 saturated carbocycles. The molecule has 0 fully saturated rings. The Bertz CT molecular complexity index is 398. The third-order valence-electron chi connectivity index (χ3n) is 1.42. The van der Waals surface area contributed by atoms with Crippen LogP contribution in [0.4, 0.5) is 0 Å². The van der Waals surface area contributed by atoms with Crippen molar-refractivity contribution in [2.45, 2.75) is 11.9 Å². The van der Waals surface area contributed by atoms with Crippen LogP contribution in [-0.4, -0.2) is 16.6 Å². The van der Waals surface area contributed by atoms with Gasteiger partial charge in [0.2, 0.25) is 5.91 Å². The highest BCUT2D eigenvalue weighted by molar-refractivity contribution is 7.99. The summed E-state index contributed by atoms with van der Waals surface area (Å²) in [7, 11) is 0. The largest absolute Gasteiger partial charge is 0.369 e. The summed E-state index contributed by atoms with van der Waals surface area (Å²) in [6, 6.07) is 5.35. The van der Waals surface area contributed by atoms with E-state index in [1.54, 1.807) is 19.1 Å². The summed E-state index contributed by atoms with van der Waals surface area (Å²) in [5, 5.41) is 9.34. The molecule has 0 aliphatic rings. The molecule has 0 radical (unpaired) electrons. The van der Waals surface area contributed by atoms with Gasteiger partial charge in [0.15, 0.2) is 0 Å². The number of rotatable bonds is 3. The average molecular weight is 207 g/mol. The van der Waals surface area contributed by atoms with Gasteiger partial charge in [-0.15, -0.1) is 0 Å². The molecule has 72 valence electrons. The van der Waals surface area contributed by atoms with Crippen LogP contribution in [0, 0.1) is 18.3 Å². The molecular weight excluding hydrogens is 198 g/mol. The third kappa shape index (κ3) is 3.07. The van der Waals surface area contributed by atoms with E-state index in [1.165, 1.54) is 11.8 Å². The van der Waals surface area contributed by atoms with Crippen molar-refractivity contribution in [3.05, 3.63) is 23.4 Å². The molecule has 0 spiro atoms. The number of hydrogen-bond acceptors (Lipinski definition) is 4. The van der Waals surface area contributed by atoms with Crippen LogP contribution in [0.25, 0.3) is 0 Å². The number of pyridine rings is 1. The van der Waals surface area contributed by atoms with Gasteiger partial charge in [0, 0.05) is 5.69 Å². The zero-order chi connectivity index (χ0) is 10.6. The molecule has 5 heteroatoms. The van der Waals surface area contributed by atoms with E-state index in [1.807, 2.05) is 6.07 Å². The van der Waals surface area contributed by atoms with Gasteiger partial charge in [-0.2, -0.15) is 5.26 Å². The predicted octanol–water partition coefficient (Wildman–Crippen LogP) is 0.839. The molecule has 14 heavy (non-hydrogen) atoms. The number of carbonyl (C=O) groups is 1. The maximum atomic E-state index is 10.5. The Labute approximate surface area is 86.1 Å². The van der Waals surface area contributed by atoms with Crippen LogP contribution >= 0.6 is 11.8 Å². The average Bonchev–Trinajstić information content (AvgIpc) is 2.14. The lowest BCUT2D eigenvalue weighted by molar-refractivity contribution is -0.115. The molecule has 1 amide bonds. The molecular formula is C9H9N3OS. The molecule has 0 aliphatic carbocycles. The first-order valence-electron chi connectivity index (χ1n) is 3.91. The van der Waals surface area contributed by atoms with Gasteiger partial charge in [0.1, 0.15) is 0 Å². The van der Waals surface area contributed by atoms with Crippen LogP contribution in [0.2, 0.25) is 0 Å². The van der Waals surface area contributed by atoms with Crippen molar-refractivity contribution in [3.63, 3.8) is 0 Å². The number of primary amides is 1. The maximum Gasteiger partial charge on any atom is 0.227 e. The third-order valence-corrected chi connectivity index (χ3v) is 2.36. The number of nitrogens with two attached hydrogens (primary N) is 1. The minimum atomic E-state index is -0.392. The number of hydrogen-bond donors (Lipinski definition) is 1. The first kappa shape index (κ1) is 10.5. The van der Waals surface area contributed by atoms with E-state index < -0.39 is 5.91 Å². The molecule has 1 rings (SSSR count). The predicted molar refractivity (Wildman–Crippen MR) is 53.6 cm³/mol. The second-order valence-electron chi connectivity index (χ2n) is 2.70. The van der Waals surface area contributed by atoms with Crippen LogP contribution in [0.3, 0.4) is 0 Å². The van der Waals surface area contributed by atoms with Gasteiger partial charge in [-0.3, -0.25) is 4.79 Å². The summed E-state index contributed by atoms with van der Waals surface area (Å²) < 4.78 is 0. The van der Waals surface area contributed by atoms with Crippen molar-refractivity contribution >= 4 is 17.7 Å². The topological polar surface area (TPSA) is 79.8 Å². The monoisotopic (exact) mass is 207 g/mol. The van der Waals surface area contributed by atoms with E-state index >= 15 is 0 Å². The van der Waals surface area contributed by atoms with Gasteiger partial charge >= 0.3 is 0 Å². The Morgan fingerprint density at radius 3 is 3.00 bits per heavy atom. The lowest BCUT2D eigenvalue weighted by atomic mass is 10.2. The summed E-state index contributed by atoms with van der Waals surface area (Å²) in [5.41, 5.74) is 6.30. The SMILES string of the molecule is Cc1cc(C#N)cc(SCC(N)=O)n1. The standard InChI is InChI=1S/C9H9N3OS/c1-6-2-7(4-10)3-9(12-6)14-5-8(11)13/h2-3H,5H2,1H3,(H2,11,13). The minimum absolute atomic E-state index is 0.182. The lowest BCUT2D eigenvalue weighted by Crippen LogP contribution is -2.13. The van der Waals surface area contributed by atoms with Crippen molar-refractivity contribution in [2.75, 3.05) is 5.75 Å². The molecule has 1 aromatic rings. The zero-order valence-corrected chi connectivity index (χ0v) is 8.47. The first-order chi connectivity index (χ1) is 6.61. The lowest BCUT2D eigenvalue weighted by Gasteiger charge is -2.00. The number of aromatic nitrogens is 1. The number of amides is 1. The molecule has 4 nitrogen and oxygen atoms in total. The first-order valence-corrected chi connectivity index (χ1v) is 4.90.